The summed E-state index contributed by atoms with van der Waals surface area (Å²) in [4.78, 5) is 6.25. The third kappa shape index (κ3) is 4.64. The minimum atomic E-state index is 0.105. The van der Waals surface area contributed by atoms with Crippen LogP contribution >= 0.6 is 15.9 Å². The van der Waals surface area contributed by atoms with E-state index in [1.807, 2.05) is 30.5 Å². The number of benzene rings is 1. The van der Waals surface area contributed by atoms with Crippen LogP contribution in [0.15, 0.2) is 47.2 Å². The molecule has 21 heavy (non-hydrogen) atoms. The lowest BCUT2D eigenvalue weighted by Gasteiger charge is -2.22. The molecule has 0 aliphatic heterocycles. The fourth-order valence-corrected chi connectivity index (χ4v) is 2.60. The predicted molar refractivity (Wildman–Crippen MR) is 84.3 cm³/mol. The molecular formula is C16H16BrN3O. The second-order valence-corrected chi connectivity index (χ2v) is 5.57. The molecule has 0 unspecified atom stereocenters. The minimum absolute atomic E-state index is 0.105. The van der Waals surface area contributed by atoms with Crippen molar-refractivity contribution >= 4 is 15.9 Å². The molecule has 2 aromatic rings. The molecule has 1 aromatic heterocycles. The Kier molecular flexibility index (Phi) is 5.88. The first-order chi connectivity index (χ1) is 10.2. The molecule has 2 rings (SSSR count). The van der Waals surface area contributed by atoms with Crippen molar-refractivity contribution in [2.45, 2.75) is 13.1 Å². The lowest BCUT2D eigenvalue weighted by Crippen LogP contribution is -2.26. The lowest BCUT2D eigenvalue weighted by molar-refractivity contribution is 0.184. The van der Waals surface area contributed by atoms with Crippen LogP contribution in [0.2, 0.25) is 0 Å². The van der Waals surface area contributed by atoms with E-state index in [0.717, 1.165) is 22.1 Å². The van der Waals surface area contributed by atoms with Crippen molar-refractivity contribution in [3.63, 3.8) is 0 Å². The average Bonchev–Trinajstić information content (AvgIpc) is 2.50. The molecule has 1 N–H and O–H groups in total. The summed E-state index contributed by atoms with van der Waals surface area (Å²) in [6.45, 7) is 2.11. The van der Waals surface area contributed by atoms with Gasteiger partial charge < -0.3 is 5.11 Å². The fourth-order valence-electron chi connectivity index (χ4n) is 2.09. The van der Waals surface area contributed by atoms with E-state index in [1.165, 1.54) is 0 Å². The SMILES string of the molecule is N#Cc1ccc(CN(CCO)Cc2cccnc2)c(Br)c1. The molecule has 4 nitrogen and oxygen atoms in total. The molecule has 0 aliphatic carbocycles. The van der Waals surface area contributed by atoms with Crippen LogP contribution in [-0.2, 0) is 13.1 Å². The molecule has 0 saturated carbocycles. The van der Waals surface area contributed by atoms with Crippen LogP contribution < -0.4 is 0 Å². The molecule has 0 radical (unpaired) electrons. The zero-order chi connectivity index (χ0) is 15.1. The van der Waals surface area contributed by atoms with Crippen molar-refractivity contribution in [3.05, 3.63) is 63.9 Å². The molecule has 0 bridgehead atoms. The van der Waals surface area contributed by atoms with Crippen LogP contribution in [0, 0.1) is 11.3 Å². The van der Waals surface area contributed by atoms with Gasteiger partial charge in [-0.2, -0.15) is 5.26 Å². The zero-order valence-electron chi connectivity index (χ0n) is 11.5. The monoisotopic (exact) mass is 345 g/mol. The van der Waals surface area contributed by atoms with Crippen molar-refractivity contribution in [1.82, 2.24) is 9.88 Å². The topological polar surface area (TPSA) is 60.2 Å². The first-order valence-corrected chi connectivity index (χ1v) is 7.43. The number of aliphatic hydroxyl groups excluding tert-OH is 1. The van der Waals surface area contributed by atoms with Crippen molar-refractivity contribution in [2.75, 3.05) is 13.2 Å². The number of hydrogen-bond donors (Lipinski definition) is 1. The van der Waals surface area contributed by atoms with Gasteiger partial charge in [-0.3, -0.25) is 9.88 Å². The largest absolute Gasteiger partial charge is 0.395 e. The average molecular weight is 346 g/mol. The molecule has 0 spiro atoms. The molecule has 108 valence electrons. The van der Waals surface area contributed by atoms with E-state index in [9.17, 15) is 5.11 Å². The van der Waals surface area contributed by atoms with Crippen molar-refractivity contribution in [1.29, 1.82) is 5.26 Å². The summed E-state index contributed by atoms with van der Waals surface area (Å²) in [5, 5.41) is 18.1. The summed E-state index contributed by atoms with van der Waals surface area (Å²) < 4.78 is 0.913. The van der Waals surface area contributed by atoms with Gasteiger partial charge in [-0.25, -0.2) is 0 Å². The fraction of sp³-hybridized carbons (Fsp3) is 0.250. The van der Waals surface area contributed by atoms with Crippen LogP contribution in [-0.4, -0.2) is 28.1 Å². The lowest BCUT2D eigenvalue weighted by atomic mass is 10.1. The molecule has 5 heteroatoms. The number of pyridine rings is 1. The van der Waals surface area contributed by atoms with Gasteiger partial charge in [-0.1, -0.05) is 28.1 Å². The van der Waals surface area contributed by atoms with Gasteiger partial charge in [-0.15, -0.1) is 0 Å². The van der Waals surface area contributed by atoms with Gasteiger partial charge in [0, 0.05) is 36.5 Å². The Morgan fingerprint density at radius 1 is 1.29 bits per heavy atom. The highest BCUT2D eigenvalue weighted by Gasteiger charge is 2.09. The van der Waals surface area contributed by atoms with Crippen LogP contribution in [0.5, 0.6) is 0 Å². The number of halogens is 1. The van der Waals surface area contributed by atoms with E-state index >= 15 is 0 Å². The van der Waals surface area contributed by atoms with Crippen LogP contribution in [0.25, 0.3) is 0 Å². The maximum absolute atomic E-state index is 9.23. The first-order valence-electron chi connectivity index (χ1n) is 6.63. The van der Waals surface area contributed by atoms with Gasteiger partial charge in [0.1, 0.15) is 0 Å². The molecular weight excluding hydrogens is 330 g/mol. The first kappa shape index (κ1) is 15.6. The summed E-state index contributed by atoms with van der Waals surface area (Å²) in [6.07, 6.45) is 3.58. The zero-order valence-corrected chi connectivity index (χ0v) is 13.1. The second kappa shape index (κ2) is 7.89. The quantitative estimate of drug-likeness (QED) is 0.874. The number of hydrogen-bond acceptors (Lipinski definition) is 4. The Morgan fingerprint density at radius 3 is 2.76 bits per heavy atom. The summed E-state index contributed by atoms with van der Waals surface area (Å²) in [5.74, 6) is 0. The number of aromatic nitrogens is 1. The molecule has 1 heterocycles. The number of aliphatic hydroxyl groups is 1. The van der Waals surface area contributed by atoms with Crippen molar-refractivity contribution in [2.24, 2.45) is 0 Å². The minimum Gasteiger partial charge on any atom is -0.395 e. The molecule has 0 atom stereocenters. The Bertz CT molecular complexity index is 625. The van der Waals surface area contributed by atoms with Gasteiger partial charge >= 0.3 is 0 Å². The number of rotatable bonds is 6. The van der Waals surface area contributed by atoms with E-state index < -0.39 is 0 Å². The summed E-state index contributed by atoms with van der Waals surface area (Å²) in [7, 11) is 0. The Labute approximate surface area is 132 Å². The van der Waals surface area contributed by atoms with Gasteiger partial charge in [0.25, 0.3) is 0 Å². The van der Waals surface area contributed by atoms with Gasteiger partial charge in [0.15, 0.2) is 0 Å². The molecule has 0 saturated heterocycles. The highest BCUT2D eigenvalue weighted by atomic mass is 79.9. The third-order valence-corrected chi connectivity index (χ3v) is 3.86. The second-order valence-electron chi connectivity index (χ2n) is 4.71. The van der Waals surface area contributed by atoms with Gasteiger partial charge in [-0.05, 0) is 29.3 Å². The molecule has 0 fully saturated rings. The normalized spacial score (nSPS) is 10.6. The van der Waals surface area contributed by atoms with E-state index in [2.05, 4.69) is 31.9 Å². The standard InChI is InChI=1S/C16H16BrN3O/c17-16-8-13(9-18)3-4-15(16)12-20(6-7-21)11-14-2-1-5-19-10-14/h1-5,8,10,21H,6-7,11-12H2. The Hall–Kier alpha value is -1.74. The van der Waals surface area contributed by atoms with Crippen LogP contribution in [0.4, 0.5) is 0 Å². The maximum atomic E-state index is 9.23. The highest BCUT2D eigenvalue weighted by molar-refractivity contribution is 9.10. The molecule has 0 aliphatic rings. The Morgan fingerprint density at radius 2 is 2.14 bits per heavy atom. The summed E-state index contributed by atoms with van der Waals surface area (Å²) in [6, 6.07) is 11.6. The van der Waals surface area contributed by atoms with Crippen LogP contribution in [0.1, 0.15) is 16.7 Å². The van der Waals surface area contributed by atoms with Crippen LogP contribution in [0.3, 0.4) is 0 Å². The number of nitrogens with zero attached hydrogens (tertiary/aromatic N) is 3. The maximum Gasteiger partial charge on any atom is 0.0992 e. The summed E-state index contributed by atoms with van der Waals surface area (Å²) in [5.41, 5.74) is 2.83. The van der Waals surface area contributed by atoms with E-state index in [-0.39, 0.29) is 6.61 Å². The smallest absolute Gasteiger partial charge is 0.0992 e. The van der Waals surface area contributed by atoms with E-state index in [0.29, 0.717) is 18.7 Å². The molecule has 0 amide bonds. The highest BCUT2D eigenvalue weighted by Crippen LogP contribution is 2.20. The van der Waals surface area contributed by atoms with Crippen molar-refractivity contribution in [3.8, 4) is 6.07 Å². The Balaban J connectivity index is 2.11. The molecule has 1 aromatic carbocycles. The number of nitriles is 1. The van der Waals surface area contributed by atoms with E-state index in [1.54, 1.807) is 12.3 Å². The van der Waals surface area contributed by atoms with Gasteiger partial charge in [0.2, 0.25) is 0 Å². The van der Waals surface area contributed by atoms with Gasteiger partial charge in [0.05, 0.1) is 18.2 Å². The van der Waals surface area contributed by atoms with Crippen molar-refractivity contribution < 1.29 is 5.11 Å². The summed E-state index contributed by atoms with van der Waals surface area (Å²) >= 11 is 3.50. The van der Waals surface area contributed by atoms with E-state index in [4.69, 9.17) is 5.26 Å². The third-order valence-electron chi connectivity index (χ3n) is 3.12. The predicted octanol–water partition coefficient (Wildman–Crippen LogP) is 2.71.